The summed E-state index contributed by atoms with van der Waals surface area (Å²) in [6.07, 6.45) is 9.39. The Balaban J connectivity index is 2.72. The number of carbonyl (C=O) groups excluding carboxylic acids is 1. The molecule has 0 saturated heterocycles. The molecule has 0 aliphatic heterocycles. The highest BCUT2D eigenvalue weighted by atomic mass is 19.1. The van der Waals surface area contributed by atoms with E-state index < -0.39 is 11.3 Å². The second-order valence-corrected chi connectivity index (χ2v) is 7.11. The number of carbonyl (C=O) groups is 1. The van der Waals surface area contributed by atoms with Gasteiger partial charge in [0.2, 0.25) is 6.54 Å². The van der Waals surface area contributed by atoms with Crippen molar-refractivity contribution in [3.8, 4) is 0 Å². The van der Waals surface area contributed by atoms with Gasteiger partial charge in [0.25, 0.3) is 0 Å². The summed E-state index contributed by atoms with van der Waals surface area (Å²) in [5, 5.41) is 11.1. The van der Waals surface area contributed by atoms with E-state index in [0.717, 1.165) is 25.5 Å². The molecule has 140 valence electrons. The molecule has 0 aromatic heterocycles. The Labute approximate surface area is 150 Å². The second-order valence-electron chi connectivity index (χ2n) is 7.11. The van der Waals surface area contributed by atoms with Crippen LogP contribution in [0.2, 0.25) is 0 Å². The van der Waals surface area contributed by atoms with E-state index in [9.17, 15) is 19.3 Å². The molecule has 1 rings (SSSR count). The number of aldehydes is 1. The van der Waals surface area contributed by atoms with E-state index in [2.05, 4.69) is 6.92 Å². The third-order valence-electron chi connectivity index (χ3n) is 4.99. The number of unbranched alkanes of at least 4 members (excludes halogenated alkanes) is 6. The van der Waals surface area contributed by atoms with Crippen molar-refractivity contribution >= 4 is 6.29 Å². The quantitative estimate of drug-likeness (QED) is 0.203. The highest BCUT2D eigenvalue weighted by Crippen LogP contribution is 2.39. The van der Waals surface area contributed by atoms with Gasteiger partial charge in [-0.25, -0.2) is 4.39 Å². The van der Waals surface area contributed by atoms with Crippen molar-refractivity contribution in [2.24, 2.45) is 5.41 Å². The lowest BCUT2D eigenvalue weighted by atomic mass is 9.71. The third-order valence-corrected chi connectivity index (χ3v) is 4.99. The van der Waals surface area contributed by atoms with Crippen LogP contribution in [0.25, 0.3) is 0 Å². The molecule has 0 aliphatic carbocycles. The van der Waals surface area contributed by atoms with Crippen molar-refractivity contribution in [2.45, 2.75) is 71.1 Å². The molecule has 4 nitrogen and oxygen atoms in total. The molecule has 0 unspecified atom stereocenters. The molecule has 1 aromatic carbocycles. The number of rotatable bonds is 13. The van der Waals surface area contributed by atoms with Gasteiger partial charge < -0.3 is 4.79 Å². The summed E-state index contributed by atoms with van der Waals surface area (Å²) in [5.41, 5.74) is -0.162. The number of hydrogen-bond donors (Lipinski definition) is 0. The van der Waals surface area contributed by atoms with Gasteiger partial charge in [0.1, 0.15) is 12.1 Å². The zero-order valence-corrected chi connectivity index (χ0v) is 15.4. The molecular weight excluding hydrogens is 321 g/mol. The largest absolute Gasteiger partial charge is 0.303 e. The lowest BCUT2D eigenvalue weighted by Gasteiger charge is -2.31. The van der Waals surface area contributed by atoms with Crippen LogP contribution in [0, 0.1) is 21.3 Å². The van der Waals surface area contributed by atoms with E-state index in [-0.39, 0.29) is 17.3 Å². The number of hydrogen-bond acceptors (Lipinski definition) is 3. The first-order valence-corrected chi connectivity index (χ1v) is 9.26. The molecule has 0 saturated carbocycles. The van der Waals surface area contributed by atoms with Gasteiger partial charge in [-0.2, -0.15) is 0 Å². The van der Waals surface area contributed by atoms with Crippen LogP contribution in [0.4, 0.5) is 4.39 Å². The maximum Gasteiger partial charge on any atom is 0.211 e. The fourth-order valence-electron chi connectivity index (χ4n) is 3.32. The molecule has 0 fully saturated rings. The molecule has 2 atom stereocenters. The fourth-order valence-corrected chi connectivity index (χ4v) is 3.32. The SMILES string of the molecule is CCCCCCCCC[C@](C)(C=O)[C@@H](C[N+](=O)[O-])c1ccc(F)cc1. The lowest BCUT2D eigenvalue weighted by molar-refractivity contribution is -0.485. The minimum absolute atomic E-state index is 0.322. The van der Waals surface area contributed by atoms with Gasteiger partial charge >= 0.3 is 0 Å². The summed E-state index contributed by atoms with van der Waals surface area (Å²) in [5.74, 6) is -0.927. The van der Waals surface area contributed by atoms with Crippen LogP contribution < -0.4 is 0 Å². The molecule has 0 radical (unpaired) electrons. The van der Waals surface area contributed by atoms with Gasteiger partial charge in [-0.15, -0.1) is 0 Å². The zero-order valence-electron chi connectivity index (χ0n) is 15.4. The third kappa shape index (κ3) is 7.32. The fraction of sp³-hybridized carbons (Fsp3) is 0.650. The van der Waals surface area contributed by atoms with Gasteiger partial charge in [-0.1, -0.05) is 70.9 Å². The van der Waals surface area contributed by atoms with Crippen molar-refractivity contribution in [1.29, 1.82) is 0 Å². The normalized spacial score (nSPS) is 14.7. The maximum absolute atomic E-state index is 13.2. The Morgan fingerprint density at radius 1 is 1.12 bits per heavy atom. The van der Waals surface area contributed by atoms with E-state index in [1.165, 1.54) is 37.8 Å². The van der Waals surface area contributed by atoms with E-state index in [1.807, 2.05) is 0 Å². The van der Waals surface area contributed by atoms with E-state index >= 15 is 0 Å². The molecule has 0 bridgehead atoms. The molecule has 5 heteroatoms. The highest BCUT2D eigenvalue weighted by Gasteiger charge is 2.38. The summed E-state index contributed by atoms with van der Waals surface area (Å²) in [6.45, 7) is 3.65. The van der Waals surface area contributed by atoms with E-state index in [4.69, 9.17) is 0 Å². The molecule has 0 amide bonds. The van der Waals surface area contributed by atoms with Crippen molar-refractivity contribution in [2.75, 3.05) is 6.54 Å². The first kappa shape index (κ1) is 21.3. The first-order valence-electron chi connectivity index (χ1n) is 9.26. The molecule has 0 aliphatic rings. The average Bonchev–Trinajstić information content (AvgIpc) is 2.59. The standard InChI is InChI=1S/C20H30FNO3/c1-3-4-5-6-7-8-9-14-20(2,16-23)19(15-22(24)25)17-10-12-18(21)13-11-17/h10-13,16,19H,3-9,14-15H2,1-2H3/t19-,20+/m0/s1. The Kier molecular flexibility index (Phi) is 9.32. The van der Waals surface area contributed by atoms with Gasteiger partial charge in [0.15, 0.2) is 0 Å². The van der Waals surface area contributed by atoms with Crippen LogP contribution in [0.1, 0.15) is 76.7 Å². The Hall–Kier alpha value is -1.78. The van der Waals surface area contributed by atoms with Gasteiger partial charge in [-0.3, -0.25) is 10.1 Å². The topological polar surface area (TPSA) is 60.2 Å². The van der Waals surface area contributed by atoms with Crippen molar-refractivity contribution in [1.82, 2.24) is 0 Å². The second kappa shape index (κ2) is 11.0. The van der Waals surface area contributed by atoms with Crippen molar-refractivity contribution in [3.63, 3.8) is 0 Å². The average molecular weight is 351 g/mol. The maximum atomic E-state index is 13.2. The summed E-state index contributed by atoms with van der Waals surface area (Å²) in [4.78, 5) is 22.5. The van der Waals surface area contributed by atoms with E-state index in [1.54, 1.807) is 19.1 Å². The number of halogens is 1. The van der Waals surface area contributed by atoms with E-state index in [0.29, 0.717) is 12.0 Å². The number of nitrogens with zero attached hydrogens (tertiary/aromatic N) is 1. The summed E-state index contributed by atoms with van der Waals surface area (Å²) >= 11 is 0. The summed E-state index contributed by atoms with van der Waals surface area (Å²) in [7, 11) is 0. The Bertz CT molecular complexity index is 532. The summed E-state index contributed by atoms with van der Waals surface area (Å²) < 4.78 is 13.2. The Morgan fingerprint density at radius 2 is 1.68 bits per heavy atom. The minimum Gasteiger partial charge on any atom is -0.303 e. The molecule has 0 heterocycles. The van der Waals surface area contributed by atoms with Crippen molar-refractivity contribution < 1.29 is 14.1 Å². The van der Waals surface area contributed by atoms with Crippen LogP contribution in [0.15, 0.2) is 24.3 Å². The monoisotopic (exact) mass is 351 g/mol. The van der Waals surface area contributed by atoms with Gasteiger partial charge in [0.05, 0.1) is 5.92 Å². The smallest absolute Gasteiger partial charge is 0.211 e. The number of nitro groups is 1. The predicted molar refractivity (Wildman–Crippen MR) is 97.8 cm³/mol. The lowest BCUT2D eigenvalue weighted by Crippen LogP contribution is -2.32. The predicted octanol–water partition coefficient (Wildman–Crippen LogP) is 5.53. The molecule has 1 aromatic rings. The minimum atomic E-state index is -0.811. The number of benzene rings is 1. The Morgan fingerprint density at radius 3 is 2.20 bits per heavy atom. The molecule has 0 N–H and O–H groups in total. The molecule has 25 heavy (non-hydrogen) atoms. The van der Waals surface area contributed by atoms with Crippen molar-refractivity contribution in [3.05, 3.63) is 45.8 Å². The van der Waals surface area contributed by atoms with Crippen LogP contribution in [-0.2, 0) is 4.79 Å². The van der Waals surface area contributed by atoms with Crippen LogP contribution in [0.5, 0.6) is 0 Å². The van der Waals surface area contributed by atoms with Crippen LogP contribution in [0.3, 0.4) is 0 Å². The van der Waals surface area contributed by atoms with Gasteiger partial charge in [-0.05, 0) is 24.1 Å². The summed E-state index contributed by atoms with van der Waals surface area (Å²) in [6, 6.07) is 5.69. The molecular formula is C20H30FNO3. The zero-order chi connectivity index (χ0) is 18.7. The van der Waals surface area contributed by atoms with Crippen LogP contribution in [-0.4, -0.2) is 17.8 Å². The van der Waals surface area contributed by atoms with Crippen LogP contribution >= 0.6 is 0 Å². The molecule has 0 spiro atoms. The van der Waals surface area contributed by atoms with Gasteiger partial charge in [0, 0.05) is 10.3 Å². The first-order chi connectivity index (χ1) is 11.9. The highest BCUT2D eigenvalue weighted by molar-refractivity contribution is 5.61.